The van der Waals surface area contributed by atoms with Crippen molar-refractivity contribution in [3.63, 3.8) is 0 Å². The second-order valence-corrected chi connectivity index (χ2v) is 4.08. The fourth-order valence-electron chi connectivity index (χ4n) is 1.44. The molecular formula is C12H19N3O2. The third-order valence-corrected chi connectivity index (χ3v) is 2.30. The van der Waals surface area contributed by atoms with E-state index in [1.165, 1.54) is 0 Å². The van der Waals surface area contributed by atoms with Gasteiger partial charge < -0.3 is 16.2 Å². The lowest BCUT2D eigenvalue weighted by molar-refractivity contribution is -0.124. The van der Waals surface area contributed by atoms with Gasteiger partial charge in [0, 0.05) is 18.2 Å². The first kappa shape index (κ1) is 13.4. The van der Waals surface area contributed by atoms with Crippen molar-refractivity contribution in [1.82, 2.24) is 4.98 Å². The van der Waals surface area contributed by atoms with Crippen molar-refractivity contribution >= 4 is 5.91 Å². The Hall–Kier alpha value is -1.62. The Morgan fingerprint density at radius 2 is 2.24 bits per heavy atom. The van der Waals surface area contributed by atoms with Gasteiger partial charge in [-0.2, -0.15) is 0 Å². The highest BCUT2D eigenvalue weighted by atomic mass is 16.5. The average Bonchev–Trinajstić information content (AvgIpc) is 2.26. The van der Waals surface area contributed by atoms with Gasteiger partial charge in [0.15, 0.2) is 6.10 Å². The predicted octanol–water partition coefficient (Wildman–Crippen LogP) is 0.614. The number of nitrogens with zero attached hydrogens (tertiary/aromatic N) is 1. The smallest absolute Gasteiger partial charge is 0.258 e. The van der Waals surface area contributed by atoms with Gasteiger partial charge >= 0.3 is 0 Å². The molecule has 0 bridgehead atoms. The van der Waals surface area contributed by atoms with Gasteiger partial charge in [-0.15, -0.1) is 0 Å². The summed E-state index contributed by atoms with van der Waals surface area (Å²) in [4.78, 5) is 15.2. The van der Waals surface area contributed by atoms with Crippen molar-refractivity contribution in [2.24, 2.45) is 11.5 Å². The maximum absolute atomic E-state index is 11.0. The van der Waals surface area contributed by atoms with E-state index in [9.17, 15) is 4.79 Å². The van der Waals surface area contributed by atoms with Crippen LogP contribution in [-0.4, -0.2) is 23.0 Å². The van der Waals surface area contributed by atoms with E-state index in [1.54, 1.807) is 12.3 Å². The fraction of sp³-hybridized carbons (Fsp3) is 0.500. The number of aromatic nitrogens is 1. The number of carbonyl (C=O) groups excluding carboxylic acids is 1. The van der Waals surface area contributed by atoms with Crippen molar-refractivity contribution in [1.29, 1.82) is 0 Å². The van der Waals surface area contributed by atoms with E-state index in [2.05, 4.69) is 4.98 Å². The summed E-state index contributed by atoms with van der Waals surface area (Å²) in [5.74, 6) is 0.0798. The van der Waals surface area contributed by atoms with Crippen LogP contribution in [0.4, 0.5) is 0 Å². The molecule has 17 heavy (non-hydrogen) atoms. The molecule has 0 aliphatic rings. The molecule has 0 radical (unpaired) electrons. The molecule has 1 aromatic heterocycles. The summed E-state index contributed by atoms with van der Waals surface area (Å²) in [6.45, 7) is 3.76. The van der Waals surface area contributed by atoms with Crippen LogP contribution in [0.2, 0.25) is 0 Å². The zero-order valence-electron chi connectivity index (χ0n) is 10.2. The van der Waals surface area contributed by atoms with Gasteiger partial charge in [0.05, 0.1) is 6.20 Å². The number of carbonyl (C=O) groups is 1. The highest BCUT2D eigenvalue weighted by molar-refractivity contribution is 5.79. The fourth-order valence-corrected chi connectivity index (χ4v) is 1.44. The zero-order chi connectivity index (χ0) is 12.8. The molecule has 1 amide bonds. The molecule has 0 spiro atoms. The summed E-state index contributed by atoms with van der Waals surface area (Å²) in [6.07, 6.45) is 2.24. The number of primary amides is 1. The van der Waals surface area contributed by atoms with Crippen molar-refractivity contribution in [3.8, 4) is 5.75 Å². The lowest BCUT2D eigenvalue weighted by Gasteiger charge is -2.14. The largest absolute Gasteiger partial charge is 0.479 e. The van der Waals surface area contributed by atoms with Crippen LogP contribution in [0.25, 0.3) is 0 Å². The maximum atomic E-state index is 11.0. The summed E-state index contributed by atoms with van der Waals surface area (Å²) in [6, 6.07) is 3.69. The molecule has 94 valence electrons. The summed E-state index contributed by atoms with van der Waals surface area (Å²) in [5, 5.41) is 0. The van der Waals surface area contributed by atoms with Gasteiger partial charge in [-0.25, -0.2) is 0 Å². The van der Waals surface area contributed by atoms with Crippen molar-refractivity contribution in [2.45, 2.75) is 38.8 Å². The van der Waals surface area contributed by atoms with Crippen LogP contribution < -0.4 is 16.2 Å². The highest BCUT2D eigenvalue weighted by Gasteiger charge is 2.14. The number of hydrogen-bond donors (Lipinski definition) is 2. The zero-order valence-corrected chi connectivity index (χ0v) is 10.2. The van der Waals surface area contributed by atoms with E-state index in [-0.39, 0.29) is 6.04 Å². The Bertz CT molecular complexity index is 363. The highest BCUT2D eigenvalue weighted by Crippen LogP contribution is 2.13. The Morgan fingerprint density at radius 3 is 2.65 bits per heavy atom. The summed E-state index contributed by atoms with van der Waals surface area (Å²) in [7, 11) is 0. The van der Waals surface area contributed by atoms with Gasteiger partial charge in [0.2, 0.25) is 0 Å². The molecule has 1 rings (SSSR count). The molecule has 0 saturated carbocycles. The molecule has 2 atom stereocenters. The Labute approximate surface area is 101 Å². The van der Waals surface area contributed by atoms with Crippen LogP contribution >= 0.6 is 0 Å². The lowest BCUT2D eigenvalue weighted by Crippen LogP contribution is -2.33. The first-order valence-electron chi connectivity index (χ1n) is 5.69. The molecule has 5 nitrogen and oxygen atoms in total. The second-order valence-electron chi connectivity index (χ2n) is 4.08. The topological polar surface area (TPSA) is 91.2 Å². The van der Waals surface area contributed by atoms with Crippen LogP contribution in [0, 0.1) is 0 Å². The summed E-state index contributed by atoms with van der Waals surface area (Å²) < 4.78 is 5.42. The number of amides is 1. The van der Waals surface area contributed by atoms with Gasteiger partial charge in [-0.1, -0.05) is 6.92 Å². The first-order valence-corrected chi connectivity index (χ1v) is 5.69. The number of hydrogen-bond acceptors (Lipinski definition) is 4. The van der Waals surface area contributed by atoms with Gasteiger partial charge in [0.1, 0.15) is 5.75 Å². The third kappa shape index (κ3) is 4.40. The monoisotopic (exact) mass is 237 g/mol. The van der Waals surface area contributed by atoms with E-state index in [1.807, 2.05) is 19.9 Å². The van der Waals surface area contributed by atoms with Crippen LogP contribution in [0.3, 0.4) is 0 Å². The summed E-state index contributed by atoms with van der Waals surface area (Å²) >= 11 is 0. The predicted molar refractivity (Wildman–Crippen MR) is 65.5 cm³/mol. The molecule has 0 fully saturated rings. The molecular weight excluding hydrogens is 218 g/mol. The lowest BCUT2D eigenvalue weighted by atomic mass is 10.2. The third-order valence-electron chi connectivity index (χ3n) is 2.30. The number of pyridine rings is 1. The minimum absolute atomic E-state index is 0.0725. The molecule has 0 aliphatic carbocycles. The summed E-state index contributed by atoms with van der Waals surface area (Å²) in [5.41, 5.74) is 11.8. The van der Waals surface area contributed by atoms with Crippen LogP contribution in [0.5, 0.6) is 5.75 Å². The number of rotatable bonds is 6. The molecule has 2 unspecified atom stereocenters. The molecule has 4 N–H and O–H groups in total. The van der Waals surface area contributed by atoms with Gasteiger partial charge in [-0.05, 0) is 25.5 Å². The minimum Gasteiger partial charge on any atom is -0.479 e. The van der Waals surface area contributed by atoms with Crippen molar-refractivity contribution in [3.05, 3.63) is 24.0 Å². The van der Waals surface area contributed by atoms with Crippen LogP contribution in [0.1, 0.15) is 26.0 Å². The first-order chi connectivity index (χ1) is 8.02. The van der Waals surface area contributed by atoms with Crippen LogP contribution in [-0.2, 0) is 11.2 Å². The number of nitrogens with two attached hydrogens (primary N) is 2. The molecule has 0 saturated heterocycles. The minimum atomic E-state index is -0.601. The van der Waals surface area contributed by atoms with E-state index in [0.29, 0.717) is 18.6 Å². The quantitative estimate of drug-likeness (QED) is 0.758. The van der Waals surface area contributed by atoms with Gasteiger partial charge in [-0.3, -0.25) is 9.78 Å². The van der Waals surface area contributed by atoms with Gasteiger partial charge in [0.25, 0.3) is 5.91 Å². The Balaban J connectivity index is 2.64. The second kappa shape index (κ2) is 6.20. The van der Waals surface area contributed by atoms with E-state index in [0.717, 1.165) is 5.69 Å². The molecule has 0 aromatic carbocycles. The molecule has 0 aliphatic heterocycles. The van der Waals surface area contributed by atoms with E-state index >= 15 is 0 Å². The normalized spacial score (nSPS) is 14.1. The Morgan fingerprint density at radius 1 is 1.53 bits per heavy atom. The van der Waals surface area contributed by atoms with E-state index < -0.39 is 12.0 Å². The van der Waals surface area contributed by atoms with E-state index in [4.69, 9.17) is 16.2 Å². The molecule has 1 heterocycles. The number of ether oxygens (including phenoxy) is 1. The Kier molecular flexibility index (Phi) is 4.90. The molecule has 1 aromatic rings. The average molecular weight is 237 g/mol. The van der Waals surface area contributed by atoms with Crippen molar-refractivity contribution < 1.29 is 9.53 Å². The molecule has 5 heteroatoms. The standard InChI is InChI=1S/C12H19N3O2/c1-3-11(12(14)16)17-10-5-4-9(15-7-10)6-8(2)13/h4-5,7-8,11H,3,6,13H2,1-2H3,(H2,14,16). The maximum Gasteiger partial charge on any atom is 0.258 e. The van der Waals surface area contributed by atoms with Crippen molar-refractivity contribution in [2.75, 3.05) is 0 Å². The SMILES string of the molecule is CCC(Oc1ccc(CC(C)N)nc1)C(N)=O. The van der Waals surface area contributed by atoms with Crippen LogP contribution in [0.15, 0.2) is 18.3 Å².